The summed E-state index contributed by atoms with van der Waals surface area (Å²) in [6.07, 6.45) is 0.992. The molecule has 0 heterocycles. The van der Waals surface area contributed by atoms with Crippen LogP contribution in [0.5, 0.6) is 0 Å². The van der Waals surface area contributed by atoms with Gasteiger partial charge in [0.05, 0.1) is 0 Å². The quantitative estimate of drug-likeness (QED) is 0.840. The maximum Gasteiger partial charge on any atom is 0.0406 e. The molecule has 0 spiro atoms. The van der Waals surface area contributed by atoms with Crippen molar-refractivity contribution in [2.75, 3.05) is 5.32 Å². The number of halogens is 1. The van der Waals surface area contributed by atoms with E-state index < -0.39 is 0 Å². The average molecular weight is 260 g/mol. The molecule has 2 rings (SSSR count). The summed E-state index contributed by atoms with van der Waals surface area (Å²) in [6.45, 7) is 4.32. The van der Waals surface area contributed by atoms with Crippen molar-refractivity contribution in [2.24, 2.45) is 0 Å². The highest BCUT2D eigenvalue weighted by Crippen LogP contribution is 2.16. The van der Waals surface area contributed by atoms with Crippen molar-refractivity contribution in [1.82, 2.24) is 0 Å². The van der Waals surface area contributed by atoms with E-state index in [1.54, 1.807) is 0 Å². The van der Waals surface area contributed by atoms with E-state index in [1.807, 2.05) is 12.1 Å². The number of hydrogen-bond donors (Lipinski definition) is 1. The molecule has 94 valence electrons. The second kappa shape index (κ2) is 5.92. The van der Waals surface area contributed by atoms with Gasteiger partial charge in [-0.25, -0.2) is 0 Å². The first kappa shape index (κ1) is 13.0. The first-order valence-electron chi connectivity index (χ1n) is 6.22. The van der Waals surface area contributed by atoms with Crippen molar-refractivity contribution in [3.63, 3.8) is 0 Å². The molecule has 1 N–H and O–H groups in total. The predicted octanol–water partition coefficient (Wildman–Crippen LogP) is 4.69. The topological polar surface area (TPSA) is 12.0 Å². The third-order valence-electron chi connectivity index (χ3n) is 3.00. The minimum atomic E-state index is 0.396. The maximum absolute atomic E-state index is 5.88. The van der Waals surface area contributed by atoms with Crippen LogP contribution in [0.4, 0.5) is 5.69 Å². The van der Waals surface area contributed by atoms with E-state index >= 15 is 0 Å². The van der Waals surface area contributed by atoms with Crippen molar-refractivity contribution in [2.45, 2.75) is 26.3 Å². The Morgan fingerprint density at radius 3 is 2.39 bits per heavy atom. The Balaban J connectivity index is 1.99. The first-order valence-corrected chi connectivity index (χ1v) is 6.59. The molecule has 1 unspecified atom stereocenters. The molecule has 18 heavy (non-hydrogen) atoms. The van der Waals surface area contributed by atoms with Crippen LogP contribution in [-0.2, 0) is 6.42 Å². The smallest absolute Gasteiger partial charge is 0.0406 e. The molecule has 0 aliphatic heterocycles. The van der Waals surface area contributed by atoms with Gasteiger partial charge in [0.15, 0.2) is 0 Å². The largest absolute Gasteiger partial charge is 0.382 e. The molecule has 0 amide bonds. The van der Waals surface area contributed by atoms with Gasteiger partial charge >= 0.3 is 0 Å². The Kier molecular flexibility index (Phi) is 4.27. The molecule has 1 nitrogen and oxygen atoms in total. The van der Waals surface area contributed by atoms with E-state index in [2.05, 4.69) is 55.6 Å². The average Bonchev–Trinajstić information content (AvgIpc) is 2.35. The molecule has 0 fully saturated rings. The Morgan fingerprint density at radius 2 is 1.72 bits per heavy atom. The van der Waals surface area contributed by atoms with Crippen LogP contribution >= 0.6 is 11.6 Å². The van der Waals surface area contributed by atoms with E-state index in [9.17, 15) is 0 Å². The summed E-state index contributed by atoms with van der Waals surface area (Å²) in [5.74, 6) is 0. The zero-order valence-electron chi connectivity index (χ0n) is 10.8. The zero-order valence-corrected chi connectivity index (χ0v) is 11.5. The lowest BCUT2D eigenvalue weighted by atomic mass is 10.1. The van der Waals surface area contributed by atoms with Crippen molar-refractivity contribution in [3.8, 4) is 0 Å². The lowest BCUT2D eigenvalue weighted by Gasteiger charge is -2.17. The van der Waals surface area contributed by atoms with E-state index in [0.717, 1.165) is 11.4 Å². The van der Waals surface area contributed by atoms with Gasteiger partial charge in [-0.1, -0.05) is 41.9 Å². The molecule has 0 saturated heterocycles. The first-order chi connectivity index (χ1) is 8.65. The van der Waals surface area contributed by atoms with Crippen LogP contribution in [0.1, 0.15) is 18.1 Å². The third kappa shape index (κ3) is 3.51. The Bertz CT molecular complexity index is 505. The van der Waals surface area contributed by atoms with Gasteiger partial charge in [0.25, 0.3) is 0 Å². The van der Waals surface area contributed by atoms with Gasteiger partial charge in [-0.3, -0.25) is 0 Å². The van der Waals surface area contributed by atoms with Gasteiger partial charge in [0.1, 0.15) is 0 Å². The van der Waals surface area contributed by atoms with Crippen LogP contribution in [0.2, 0.25) is 5.02 Å². The van der Waals surface area contributed by atoms with Crippen molar-refractivity contribution >= 4 is 17.3 Å². The van der Waals surface area contributed by atoms with Crippen LogP contribution in [0.25, 0.3) is 0 Å². The number of aryl methyl sites for hydroxylation is 1. The normalized spacial score (nSPS) is 12.2. The van der Waals surface area contributed by atoms with Gasteiger partial charge in [0, 0.05) is 16.8 Å². The fourth-order valence-corrected chi connectivity index (χ4v) is 2.15. The SMILES string of the molecule is Cc1ccccc1NC(C)Cc1ccc(Cl)cc1. The number of nitrogens with one attached hydrogen (secondary N) is 1. The second-order valence-corrected chi connectivity index (χ2v) is 5.13. The van der Waals surface area contributed by atoms with Crippen molar-refractivity contribution in [3.05, 3.63) is 64.7 Å². The minimum absolute atomic E-state index is 0.396. The van der Waals surface area contributed by atoms with Gasteiger partial charge in [-0.05, 0) is 49.6 Å². The minimum Gasteiger partial charge on any atom is -0.382 e. The van der Waals surface area contributed by atoms with E-state index in [1.165, 1.54) is 16.8 Å². The van der Waals surface area contributed by atoms with Gasteiger partial charge in [-0.15, -0.1) is 0 Å². The molecule has 2 aromatic rings. The van der Waals surface area contributed by atoms with Gasteiger partial charge in [0.2, 0.25) is 0 Å². The summed E-state index contributed by atoms with van der Waals surface area (Å²) in [6, 6.07) is 16.8. The Hall–Kier alpha value is -1.47. The predicted molar refractivity (Wildman–Crippen MR) is 79.4 cm³/mol. The fourth-order valence-electron chi connectivity index (χ4n) is 2.03. The molecule has 0 aliphatic carbocycles. The van der Waals surface area contributed by atoms with Gasteiger partial charge < -0.3 is 5.32 Å². The number of para-hydroxylation sites is 1. The molecular formula is C16H18ClN. The molecule has 0 radical (unpaired) electrons. The van der Waals surface area contributed by atoms with Crippen molar-refractivity contribution < 1.29 is 0 Å². The van der Waals surface area contributed by atoms with E-state index in [-0.39, 0.29) is 0 Å². The molecular weight excluding hydrogens is 242 g/mol. The van der Waals surface area contributed by atoms with Crippen LogP contribution in [0.15, 0.2) is 48.5 Å². The van der Waals surface area contributed by atoms with E-state index in [4.69, 9.17) is 11.6 Å². The number of hydrogen-bond acceptors (Lipinski definition) is 1. The standard InChI is InChI=1S/C16H18ClN/c1-12-5-3-4-6-16(12)18-13(2)11-14-7-9-15(17)10-8-14/h3-10,13,18H,11H2,1-2H3. The Morgan fingerprint density at radius 1 is 1.06 bits per heavy atom. The van der Waals surface area contributed by atoms with Crippen LogP contribution in [-0.4, -0.2) is 6.04 Å². The van der Waals surface area contributed by atoms with Crippen LogP contribution in [0, 0.1) is 6.92 Å². The van der Waals surface area contributed by atoms with Gasteiger partial charge in [-0.2, -0.15) is 0 Å². The maximum atomic E-state index is 5.88. The summed E-state index contributed by atoms with van der Waals surface area (Å²) in [5, 5.41) is 4.33. The van der Waals surface area contributed by atoms with Crippen LogP contribution in [0.3, 0.4) is 0 Å². The number of benzene rings is 2. The highest BCUT2D eigenvalue weighted by atomic mass is 35.5. The summed E-state index contributed by atoms with van der Waals surface area (Å²) in [5.41, 5.74) is 3.78. The van der Waals surface area contributed by atoms with E-state index in [0.29, 0.717) is 6.04 Å². The third-order valence-corrected chi connectivity index (χ3v) is 3.25. The number of anilines is 1. The summed E-state index contributed by atoms with van der Waals surface area (Å²) < 4.78 is 0. The zero-order chi connectivity index (χ0) is 13.0. The highest BCUT2D eigenvalue weighted by Gasteiger charge is 2.05. The second-order valence-electron chi connectivity index (χ2n) is 4.69. The molecule has 2 aromatic carbocycles. The number of rotatable bonds is 4. The summed E-state index contributed by atoms with van der Waals surface area (Å²) in [7, 11) is 0. The lowest BCUT2D eigenvalue weighted by molar-refractivity contribution is 0.789. The molecule has 0 aliphatic rings. The van der Waals surface area contributed by atoms with Crippen LogP contribution < -0.4 is 5.32 Å². The monoisotopic (exact) mass is 259 g/mol. The highest BCUT2D eigenvalue weighted by molar-refractivity contribution is 6.30. The molecule has 2 heteroatoms. The molecule has 0 aromatic heterocycles. The lowest BCUT2D eigenvalue weighted by Crippen LogP contribution is -2.18. The molecule has 0 bridgehead atoms. The summed E-state index contributed by atoms with van der Waals surface area (Å²) >= 11 is 5.88. The summed E-state index contributed by atoms with van der Waals surface area (Å²) in [4.78, 5) is 0. The Labute approximate surface area is 114 Å². The molecule has 1 atom stereocenters. The van der Waals surface area contributed by atoms with Crippen molar-refractivity contribution in [1.29, 1.82) is 0 Å². The molecule has 0 saturated carbocycles. The fraction of sp³-hybridized carbons (Fsp3) is 0.250.